The maximum atomic E-state index is 12.5. The summed E-state index contributed by atoms with van der Waals surface area (Å²) >= 11 is 5.98. The first kappa shape index (κ1) is 14.4. The van der Waals surface area contributed by atoms with Gasteiger partial charge in [0.1, 0.15) is 11.6 Å². The van der Waals surface area contributed by atoms with E-state index in [1.807, 2.05) is 35.7 Å². The molecule has 0 saturated heterocycles. The van der Waals surface area contributed by atoms with Crippen LogP contribution in [0.25, 0.3) is 5.52 Å². The standard InChI is InChI=1S/C16H14ClN3O2/c1-10-18-15(13-5-3-4-8-20(10)13)16(21)19-12-9-11(17)6-7-14(12)22-2/h3-9H,1-2H3,(H,19,21). The van der Waals surface area contributed by atoms with Crippen molar-refractivity contribution in [2.45, 2.75) is 6.92 Å². The van der Waals surface area contributed by atoms with Crippen LogP contribution in [0, 0.1) is 6.92 Å². The molecule has 0 aliphatic carbocycles. The lowest BCUT2D eigenvalue weighted by Gasteiger charge is -2.09. The molecule has 1 N–H and O–H groups in total. The van der Waals surface area contributed by atoms with Gasteiger partial charge < -0.3 is 14.5 Å². The zero-order chi connectivity index (χ0) is 15.7. The van der Waals surface area contributed by atoms with Gasteiger partial charge in [0.2, 0.25) is 0 Å². The van der Waals surface area contributed by atoms with Crippen LogP contribution in [0.1, 0.15) is 16.3 Å². The van der Waals surface area contributed by atoms with Gasteiger partial charge in [-0.25, -0.2) is 4.98 Å². The Hall–Kier alpha value is -2.53. The van der Waals surface area contributed by atoms with E-state index in [9.17, 15) is 4.79 Å². The van der Waals surface area contributed by atoms with E-state index in [1.54, 1.807) is 18.2 Å². The fourth-order valence-corrected chi connectivity index (χ4v) is 2.49. The van der Waals surface area contributed by atoms with Crippen molar-refractivity contribution in [2.75, 3.05) is 12.4 Å². The second-order valence-electron chi connectivity index (χ2n) is 4.76. The zero-order valence-electron chi connectivity index (χ0n) is 12.1. The monoisotopic (exact) mass is 315 g/mol. The summed E-state index contributed by atoms with van der Waals surface area (Å²) in [6, 6.07) is 10.7. The van der Waals surface area contributed by atoms with Crippen molar-refractivity contribution in [1.82, 2.24) is 9.38 Å². The highest BCUT2D eigenvalue weighted by Crippen LogP contribution is 2.28. The number of amides is 1. The van der Waals surface area contributed by atoms with Crippen LogP contribution in [0.5, 0.6) is 5.75 Å². The number of anilines is 1. The van der Waals surface area contributed by atoms with Crippen LogP contribution in [0.3, 0.4) is 0 Å². The molecule has 0 bridgehead atoms. The largest absolute Gasteiger partial charge is 0.495 e. The number of ether oxygens (including phenoxy) is 1. The van der Waals surface area contributed by atoms with E-state index in [2.05, 4.69) is 10.3 Å². The first-order valence-electron chi connectivity index (χ1n) is 6.68. The second-order valence-corrected chi connectivity index (χ2v) is 5.20. The van der Waals surface area contributed by atoms with Crippen molar-refractivity contribution in [1.29, 1.82) is 0 Å². The highest BCUT2D eigenvalue weighted by Gasteiger charge is 2.17. The van der Waals surface area contributed by atoms with E-state index in [-0.39, 0.29) is 5.91 Å². The molecular weight excluding hydrogens is 302 g/mol. The van der Waals surface area contributed by atoms with Crippen molar-refractivity contribution >= 4 is 28.7 Å². The zero-order valence-corrected chi connectivity index (χ0v) is 12.9. The van der Waals surface area contributed by atoms with E-state index < -0.39 is 0 Å². The number of methoxy groups -OCH3 is 1. The van der Waals surface area contributed by atoms with Crippen molar-refractivity contribution in [2.24, 2.45) is 0 Å². The minimum absolute atomic E-state index is 0.308. The van der Waals surface area contributed by atoms with E-state index >= 15 is 0 Å². The molecule has 2 aromatic heterocycles. The number of carbonyl (C=O) groups is 1. The molecule has 22 heavy (non-hydrogen) atoms. The molecule has 0 spiro atoms. The molecule has 1 aromatic carbocycles. The van der Waals surface area contributed by atoms with Gasteiger partial charge in [0.15, 0.2) is 5.69 Å². The fourth-order valence-electron chi connectivity index (χ4n) is 2.32. The highest BCUT2D eigenvalue weighted by molar-refractivity contribution is 6.31. The molecule has 3 rings (SSSR count). The van der Waals surface area contributed by atoms with Crippen molar-refractivity contribution < 1.29 is 9.53 Å². The molecule has 3 aromatic rings. The number of pyridine rings is 1. The Bertz CT molecular complexity index is 858. The number of fused-ring (bicyclic) bond motifs is 1. The molecule has 1 amide bonds. The van der Waals surface area contributed by atoms with E-state index in [0.717, 1.165) is 11.3 Å². The van der Waals surface area contributed by atoms with Crippen LogP contribution >= 0.6 is 11.6 Å². The van der Waals surface area contributed by atoms with Crippen LogP contribution in [-0.2, 0) is 0 Å². The predicted octanol–water partition coefficient (Wildman–Crippen LogP) is 3.56. The quantitative estimate of drug-likeness (QED) is 0.804. The number of aromatic nitrogens is 2. The molecule has 0 unspecified atom stereocenters. The number of rotatable bonds is 3. The molecule has 2 heterocycles. The Morgan fingerprint density at radius 1 is 1.32 bits per heavy atom. The maximum Gasteiger partial charge on any atom is 0.276 e. The molecule has 0 atom stereocenters. The van der Waals surface area contributed by atoms with E-state index in [4.69, 9.17) is 16.3 Å². The van der Waals surface area contributed by atoms with Gasteiger partial charge in [-0.2, -0.15) is 0 Å². The summed E-state index contributed by atoms with van der Waals surface area (Å²) < 4.78 is 7.10. The van der Waals surface area contributed by atoms with Crippen LogP contribution in [0.15, 0.2) is 42.6 Å². The Labute approximate surface area is 132 Å². The molecule has 0 aliphatic heterocycles. The van der Waals surface area contributed by atoms with Crippen molar-refractivity contribution in [3.05, 3.63) is 59.1 Å². The Balaban J connectivity index is 1.99. The first-order chi connectivity index (χ1) is 10.6. The summed E-state index contributed by atoms with van der Waals surface area (Å²) in [4.78, 5) is 16.9. The topological polar surface area (TPSA) is 55.6 Å². The number of aryl methyl sites for hydroxylation is 1. The van der Waals surface area contributed by atoms with Crippen LogP contribution in [0.2, 0.25) is 5.02 Å². The minimum atomic E-state index is -0.308. The molecule has 0 radical (unpaired) electrons. The number of nitrogens with one attached hydrogen (secondary N) is 1. The van der Waals surface area contributed by atoms with Crippen molar-refractivity contribution in [3.63, 3.8) is 0 Å². The van der Waals surface area contributed by atoms with Gasteiger partial charge in [-0.1, -0.05) is 17.7 Å². The van der Waals surface area contributed by atoms with Gasteiger partial charge in [0, 0.05) is 11.2 Å². The number of nitrogens with zero attached hydrogens (tertiary/aromatic N) is 2. The van der Waals surface area contributed by atoms with Crippen LogP contribution in [-0.4, -0.2) is 22.4 Å². The lowest BCUT2D eigenvalue weighted by molar-refractivity contribution is 0.102. The van der Waals surface area contributed by atoms with E-state index in [0.29, 0.717) is 22.2 Å². The normalized spacial score (nSPS) is 10.7. The Morgan fingerprint density at radius 2 is 2.14 bits per heavy atom. The Kier molecular flexibility index (Phi) is 3.73. The summed E-state index contributed by atoms with van der Waals surface area (Å²) in [5.74, 6) is 0.981. The highest BCUT2D eigenvalue weighted by atomic mass is 35.5. The second kappa shape index (κ2) is 5.69. The number of imidazole rings is 1. The third kappa shape index (κ3) is 2.51. The minimum Gasteiger partial charge on any atom is -0.495 e. The molecule has 6 heteroatoms. The number of carbonyl (C=O) groups excluding carboxylic acids is 1. The number of hydrogen-bond donors (Lipinski definition) is 1. The van der Waals surface area contributed by atoms with Gasteiger partial charge in [-0.3, -0.25) is 4.79 Å². The van der Waals surface area contributed by atoms with Gasteiger partial charge in [-0.05, 0) is 37.3 Å². The number of hydrogen-bond acceptors (Lipinski definition) is 3. The van der Waals surface area contributed by atoms with Gasteiger partial charge in [-0.15, -0.1) is 0 Å². The average Bonchev–Trinajstić information content (AvgIpc) is 2.85. The Morgan fingerprint density at radius 3 is 2.91 bits per heavy atom. The van der Waals surface area contributed by atoms with Gasteiger partial charge in [0.05, 0.1) is 18.3 Å². The summed E-state index contributed by atoms with van der Waals surface area (Å²) in [5.41, 5.74) is 1.62. The smallest absolute Gasteiger partial charge is 0.276 e. The summed E-state index contributed by atoms with van der Waals surface area (Å²) in [6.45, 7) is 1.85. The lowest BCUT2D eigenvalue weighted by atomic mass is 10.2. The maximum absolute atomic E-state index is 12.5. The lowest BCUT2D eigenvalue weighted by Crippen LogP contribution is -2.13. The third-order valence-corrected chi connectivity index (χ3v) is 3.58. The molecule has 0 fully saturated rings. The van der Waals surface area contributed by atoms with Crippen LogP contribution < -0.4 is 10.1 Å². The van der Waals surface area contributed by atoms with Crippen molar-refractivity contribution in [3.8, 4) is 5.75 Å². The average molecular weight is 316 g/mol. The number of halogens is 1. The summed E-state index contributed by atoms with van der Waals surface area (Å²) in [5, 5.41) is 3.32. The molecular formula is C16H14ClN3O2. The van der Waals surface area contributed by atoms with E-state index in [1.165, 1.54) is 7.11 Å². The number of benzene rings is 1. The fraction of sp³-hybridized carbons (Fsp3) is 0.125. The molecule has 112 valence electrons. The summed E-state index contributed by atoms with van der Waals surface area (Å²) in [7, 11) is 1.54. The van der Waals surface area contributed by atoms with Gasteiger partial charge in [0.25, 0.3) is 5.91 Å². The molecule has 5 nitrogen and oxygen atoms in total. The predicted molar refractivity (Wildman–Crippen MR) is 85.9 cm³/mol. The van der Waals surface area contributed by atoms with Crippen LogP contribution in [0.4, 0.5) is 5.69 Å². The third-order valence-electron chi connectivity index (χ3n) is 3.35. The van der Waals surface area contributed by atoms with Gasteiger partial charge >= 0.3 is 0 Å². The molecule has 0 aliphatic rings. The molecule has 0 saturated carbocycles. The summed E-state index contributed by atoms with van der Waals surface area (Å²) in [6.07, 6.45) is 1.87. The first-order valence-corrected chi connectivity index (χ1v) is 7.06. The SMILES string of the molecule is COc1ccc(Cl)cc1NC(=O)c1nc(C)n2ccccc12.